The van der Waals surface area contributed by atoms with Gasteiger partial charge in [-0.15, -0.1) is 0 Å². The number of esters is 1. The molecule has 1 atom stereocenters. The molecule has 7 heteroatoms. The Bertz CT molecular complexity index is 654. The quantitative estimate of drug-likeness (QED) is 0.853. The Morgan fingerprint density at radius 2 is 2.00 bits per heavy atom. The predicted octanol–water partition coefficient (Wildman–Crippen LogP) is 2.99. The molecule has 21 heavy (non-hydrogen) atoms. The van der Waals surface area contributed by atoms with Gasteiger partial charge in [-0.05, 0) is 37.3 Å². The molecule has 1 amide bonds. The Hall–Kier alpha value is -2.34. The number of aromatic nitrogens is 1. The molecule has 0 aliphatic rings. The first-order valence-corrected chi connectivity index (χ1v) is 6.45. The maximum Gasteiger partial charge on any atom is 0.355 e. The van der Waals surface area contributed by atoms with E-state index in [9.17, 15) is 14.0 Å². The minimum absolute atomic E-state index is 0.154. The second-order valence-corrected chi connectivity index (χ2v) is 4.71. The average molecular weight is 311 g/mol. The smallest absolute Gasteiger partial charge is 0.355 e. The van der Waals surface area contributed by atoms with Crippen molar-refractivity contribution in [3.05, 3.63) is 53.1 Å². The van der Waals surface area contributed by atoms with Crippen LogP contribution in [0.25, 0.3) is 0 Å². The summed E-state index contributed by atoms with van der Waals surface area (Å²) in [5.74, 6) is -1.62. The number of halogens is 2. The summed E-state index contributed by atoms with van der Waals surface area (Å²) >= 11 is 5.67. The molecule has 0 unspecified atom stereocenters. The molecular formula is C14H12ClFN2O3. The van der Waals surface area contributed by atoms with Crippen molar-refractivity contribution in [2.24, 2.45) is 0 Å². The van der Waals surface area contributed by atoms with Gasteiger partial charge in [-0.2, -0.15) is 0 Å². The van der Waals surface area contributed by atoms with Crippen molar-refractivity contribution < 1.29 is 18.7 Å². The van der Waals surface area contributed by atoms with Crippen LogP contribution in [-0.4, -0.2) is 23.0 Å². The molecular weight excluding hydrogens is 299 g/mol. The van der Waals surface area contributed by atoms with Gasteiger partial charge in [-0.1, -0.05) is 11.6 Å². The number of aromatic amines is 1. The number of hydrogen-bond donors (Lipinski definition) is 2. The van der Waals surface area contributed by atoms with E-state index in [2.05, 4.69) is 10.3 Å². The third-order valence-electron chi connectivity index (χ3n) is 2.63. The number of rotatable bonds is 4. The summed E-state index contributed by atoms with van der Waals surface area (Å²) < 4.78 is 17.7. The first kappa shape index (κ1) is 15.1. The van der Waals surface area contributed by atoms with Crippen molar-refractivity contribution in [2.45, 2.75) is 13.0 Å². The Balaban J connectivity index is 1.93. The molecule has 0 bridgehead atoms. The zero-order valence-electron chi connectivity index (χ0n) is 11.0. The van der Waals surface area contributed by atoms with Crippen LogP contribution in [-0.2, 0) is 9.53 Å². The fourth-order valence-electron chi connectivity index (χ4n) is 1.54. The van der Waals surface area contributed by atoms with Crippen LogP contribution in [0.5, 0.6) is 0 Å². The molecule has 5 nitrogen and oxygen atoms in total. The summed E-state index contributed by atoms with van der Waals surface area (Å²) in [5, 5.41) is 2.88. The second kappa shape index (κ2) is 6.41. The molecule has 0 radical (unpaired) electrons. The number of amides is 1. The zero-order valence-corrected chi connectivity index (χ0v) is 11.8. The predicted molar refractivity (Wildman–Crippen MR) is 75.7 cm³/mol. The van der Waals surface area contributed by atoms with Gasteiger partial charge in [0.2, 0.25) is 0 Å². The molecule has 1 aromatic carbocycles. The van der Waals surface area contributed by atoms with Gasteiger partial charge in [-0.3, -0.25) is 4.79 Å². The van der Waals surface area contributed by atoms with E-state index in [1.807, 2.05) is 0 Å². The number of carbonyl (C=O) groups excluding carboxylic acids is 2. The largest absolute Gasteiger partial charge is 0.448 e. The Morgan fingerprint density at radius 1 is 1.33 bits per heavy atom. The monoisotopic (exact) mass is 310 g/mol. The summed E-state index contributed by atoms with van der Waals surface area (Å²) in [4.78, 5) is 26.2. The van der Waals surface area contributed by atoms with E-state index >= 15 is 0 Å². The maximum absolute atomic E-state index is 12.7. The van der Waals surface area contributed by atoms with Gasteiger partial charge in [0, 0.05) is 11.9 Å². The highest BCUT2D eigenvalue weighted by Crippen LogP contribution is 2.12. The fraction of sp³-hybridized carbons (Fsp3) is 0.143. The van der Waals surface area contributed by atoms with Crippen LogP contribution in [0.2, 0.25) is 5.02 Å². The lowest BCUT2D eigenvalue weighted by atomic mass is 10.3. The summed E-state index contributed by atoms with van der Waals surface area (Å²) in [5.41, 5.74) is 0.564. The number of H-pyrrole nitrogens is 1. The molecule has 1 aromatic heterocycles. The van der Waals surface area contributed by atoms with Crippen molar-refractivity contribution in [2.75, 3.05) is 5.32 Å². The lowest BCUT2D eigenvalue weighted by Gasteiger charge is -2.13. The van der Waals surface area contributed by atoms with Gasteiger partial charge < -0.3 is 15.0 Å². The van der Waals surface area contributed by atoms with Gasteiger partial charge in [0.25, 0.3) is 5.91 Å². The van der Waals surface area contributed by atoms with Gasteiger partial charge in [-0.25, -0.2) is 9.18 Å². The van der Waals surface area contributed by atoms with Gasteiger partial charge in [0.15, 0.2) is 6.10 Å². The minimum Gasteiger partial charge on any atom is -0.448 e. The second-order valence-electron chi connectivity index (χ2n) is 4.28. The molecule has 0 saturated carbocycles. The normalized spacial score (nSPS) is 11.8. The van der Waals surface area contributed by atoms with Crippen molar-refractivity contribution in [3.63, 3.8) is 0 Å². The molecule has 0 fully saturated rings. The highest BCUT2D eigenvalue weighted by Gasteiger charge is 2.20. The highest BCUT2D eigenvalue weighted by atomic mass is 35.5. The lowest BCUT2D eigenvalue weighted by molar-refractivity contribution is -0.123. The van der Waals surface area contributed by atoms with E-state index in [4.69, 9.17) is 16.3 Å². The average Bonchev–Trinajstić information content (AvgIpc) is 2.88. The van der Waals surface area contributed by atoms with Crippen LogP contribution in [0.3, 0.4) is 0 Å². The number of hydrogen-bond acceptors (Lipinski definition) is 3. The van der Waals surface area contributed by atoms with Gasteiger partial charge in [0.1, 0.15) is 11.5 Å². The van der Waals surface area contributed by atoms with Crippen molar-refractivity contribution >= 4 is 29.2 Å². The van der Waals surface area contributed by atoms with E-state index < -0.39 is 23.8 Å². The highest BCUT2D eigenvalue weighted by molar-refractivity contribution is 6.30. The van der Waals surface area contributed by atoms with Crippen LogP contribution < -0.4 is 5.32 Å². The zero-order chi connectivity index (χ0) is 15.4. The van der Waals surface area contributed by atoms with Gasteiger partial charge >= 0.3 is 5.97 Å². The molecule has 1 heterocycles. The third-order valence-corrected chi connectivity index (χ3v) is 2.85. The number of carbonyl (C=O) groups is 2. The Morgan fingerprint density at radius 3 is 2.57 bits per heavy atom. The molecule has 0 spiro atoms. The van der Waals surface area contributed by atoms with Crippen LogP contribution >= 0.6 is 11.6 Å². The molecule has 110 valence electrons. The van der Waals surface area contributed by atoms with Crippen molar-refractivity contribution in [3.8, 4) is 0 Å². The molecule has 2 N–H and O–H groups in total. The van der Waals surface area contributed by atoms with Crippen molar-refractivity contribution in [1.82, 2.24) is 4.98 Å². The van der Waals surface area contributed by atoms with E-state index in [1.165, 1.54) is 43.5 Å². The fourth-order valence-corrected chi connectivity index (χ4v) is 1.70. The molecule has 0 aliphatic heterocycles. The summed E-state index contributed by atoms with van der Waals surface area (Å²) in [6.07, 6.45) is 0.422. The van der Waals surface area contributed by atoms with Crippen LogP contribution in [0.4, 0.5) is 10.1 Å². The Labute approximate surface area is 125 Å². The SMILES string of the molecule is C[C@H](OC(=O)c1cc(Cl)c[nH]1)C(=O)Nc1ccc(F)cc1. The topological polar surface area (TPSA) is 71.2 Å². The van der Waals surface area contributed by atoms with Crippen molar-refractivity contribution in [1.29, 1.82) is 0 Å². The number of anilines is 1. The molecule has 0 saturated heterocycles. The lowest BCUT2D eigenvalue weighted by Crippen LogP contribution is -2.30. The molecule has 0 aliphatic carbocycles. The van der Waals surface area contributed by atoms with Crippen LogP contribution in [0, 0.1) is 5.82 Å². The number of nitrogens with one attached hydrogen (secondary N) is 2. The third kappa shape index (κ3) is 4.06. The number of ether oxygens (including phenoxy) is 1. The molecule has 2 aromatic rings. The maximum atomic E-state index is 12.7. The first-order chi connectivity index (χ1) is 9.95. The minimum atomic E-state index is -1.01. The Kier molecular flexibility index (Phi) is 4.59. The van der Waals surface area contributed by atoms with Crippen LogP contribution in [0.15, 0.2) is 36.5 Å². The summed E-state index contributed by atoms with van der Waals surface area (Å²) in [6, 6.07) is 6.65. The van der Waals surface area contributed by atoms with Crippen LogP contribution in [0.1, 0.15) is 17.4 Å². The summed E-state index contributed by atoms with van der Waals surface area (Å²) in [6.45, 7) is 1.43. The standard InChI is InChI=1S/C14H12ClFN2O3/c1-8(21-14(20)12-6-9(15)7-17-12)13(19)18-11-4-2-10(16)3-5-11/h2-8,17H,1H3,(H,18,19)/t8-/m0/s1. The summed E-state index contributed by atoms with van der Waals surface area (Å²) in [7, 11) is 0. The van der Waals surface area contributed by atoms with E-state index in [0.717, 1.165) is 0 Å². The van der Waals surface area contributed by atoms with Gasteiger partial charge in [0.05, 0.1) is 5.02 Å². The number of benzene rings is 1. The van der Waals surface area contributed by atoms with E-state index in [1.54, 1.807) is 0 Å². The first-order valence-electron chi connectivity index (χ1n) is 6.07. The molecule has 2 rings (SSSR count). The van der Waals surface area contributed by atoms with E-state index in [0.29, 0.717) is 10.7 Å². The van der Waals surface area contributed by atoms with E-state index in [-0.39, 0.29) is 5.69 Å².